The summed E-state index contributed by atoms with van der Waals surface area (Å²) in [6, 6.07) is 18.0. The first-order valence-electron chi connectivity index (χ1n) is 10.0. The second kappa shape index (κ2) is 7.47. The summed E-state index contributed by atoms with van der Waals surface area (Å²) < 4.78 is 0. The van der Waals surface area contributed by atoms with Gasteiger partial charge in [-0.3, -0.25) is 4.79 Å². The fourth-order valence-electron chi connectivity index (χ4n) is 4.39. The first-order chi connectivity index (χ1) is 14.7. The number of benzene rings is 2. The molecule has 30 heavy (non-hydrogen) atoms. The van der Waals surface area contributed by atoms with E-state index in [9.17, 15) is 10.1 Å². The van der Waals surface area contributed by atoms with Crippen LogP contribution in [0.25, 0.3) is 10.4 Å². The van der Waals surface area contributed by atoms with Gasteiger partial charge in [-0.25, -0.2) is 4.98 Å². The molecule has 5 rings (SSSR count). The Morgan fingerprint density at radius 1 is 1.20 bits per heavy atom. The number of aromatic nitrogens is 1. The topological polar surface area (TPSA) is 81.1 Å². The van der Waals surface area contributed by atoms with Crippen molar-refractivity contribution in [3.8, 4) is 16.6 Å². The normalized spacial score (nSPS) is 22.0. The highest BCUT2D eigenvalue weighted by molar-refractivity contribution is 7.17. The van der Waals surface area contributed by atoms with Crippen molar-refractivity contribution in [1.82, 2.24) is 15.2 Å². The van der Waals surface area contributed by atoms with Crippen LogP contribution in [-0.4, -0.2) is 34.4 Å². The number of amides is 1. The molecule has 6 nitrogen and oxygen atoms in total. The Labute approximate surface area is 179 Å². The van der Waals surface area contributed by atoms with Gasteiger partial charge in [-0.2, -0.15) is 5.26 Å². The van der Waals surface area contributed by atoms with E-state index < -0.39 is 0 Å². The Morgan fingerprint density at radius 3 is 2.77 bits per heavy atom. The minimum Gasteiger partial charge on any atom is -0.355 e. The van der Waals surface area contributed by atoms with Crippen molar-refractivity contribution in [3.63, 3.8) is 0 Å². The second-order valence-corrected chi connectivity index (χ2v) is 8.92. The third-order valence-electron chi connectivity index (χ3n) is 6.08. The number of anilines is 2. The van der Waals surface area contributed by atoms with E-state index in [0.717, 1.165) is 41.2 Å². The van der Waals surface area contributed by atoms with Gasteiger partial charge in [0.2, 0.25) is 0 Å². The van der Waals surface area contributed by atoms with Crippen molar-refractivity contribution in [2.75, 3.05) is 18.4 Å². The molecule has 150 valence electrons. The molecule has 2 fully saturated rings. The molecule has 1 unspecified atom stereocenters. The SMILES string of the molecule is N#CN1CC2CC[C@]2(NC(=O)c2ncc(-c3ccccc3Nc3ccccc3)s2)C1. The second-order valence-electron chi connectivity index (χ2n) is 7.89. The molecular formula is C23H21N5OS. The van der Waals surface area contributed by atoms with E-state index in [4.69, 9.17) is 0 Å². The van der Waals surface area contributed by atoms with Gasteiger partial charge in [-0.15, -0.1) is 11.3 Å². The van der Waals surface area contributed by atoms with Gasteiger partial charge in [0.25, 0.3) is 5.91 Å². The molecule has 2 atom stereocenters. The summed E-state index contributed by atoms with van der Waals surface area (Å²) in [5.41, 5.74) is 2.71. The molecule has 1 amide bonds. The number of carbonyl (C=O) groups excluding carboxylic acids is 1. The molecule has 1 aliphatic heterocycles. The Hall–Kier alpha value is -3.37. The van der Waals surface area contributed by atoms with Crippen LogP contribution in [0, 0.1) is 17.4 Å². The van der Waals surface area contributed by atoms with Crippen LogP contribution in [0.15, 0.2) is 60.8 Å². The Bertz CT molecular complexity index is 1120. The van der Waals surface area contributed by atoms with Gasteiger partial charge in [-0.1, -0.05) is 36.4 Å². The van der Waals surface area contributed by atoms with E-state index in [-0.39, 0.29) is 11.4 Å². The molecule has 2 heterocycles. The molecule has 2 aliphatic rings. The van der Waals surface area contributed by atoms with Crippen LogP contribution in [0.1, 0.15) is 22.6 Å². The number of rotatable bonds is 5. The van der Waals surface area contributed by atoms with Crippen molar-refractivity contribution in [3.05, 3.63) is 65.8 Å². The number of thiazole rings is 1. The number of nitrogens with zero attached hydrogens (tertiary/aromatic N) is 3. The largest absolute Gasteiger partial charge is 0.355 e. The van der Waals surface area contributed by atoms with Crippen LogP contribution < -0.4 is 10.6 Å². The lowest BCUT2D eigenvalue weighted by atomic mass is 9.69. The van der Waals surface area contributed by atoms with Gasteiger partial charge < -0.3 is 15.5 Å². The molecule has 7 heteroatoms. The summed E-state index contributed by atoms with van der Waals surface area (Å²) in [4.78, 5) is 20.0. The van der Waals surface area contributed by atoms with Crippen LogP contribution in [0.2, 0.25) is 0 Å². The summed E-state index contributed by atoms with van der Waals surface area (Å²) in [5, 5.41) is 16.3. The maximum Gasteiger partial charge on any atom is 0.280 e. The summed E-state index contributed by atoms with van der Waals surface area (Å²) in [6.07, 6.45) is 5.95. The van der Waals surface area contributed by atoms with Crippen LogP contribution >= 0.6 is 11.3 Å². The molecule has 0 spiro atoms. The molecule has 2 aromatic carbocycles. The Balaban J connectivity index is 1.35. The van der Waals surface area contributed by atoms with Crippen molar-refractivity contribution in [2.24, 2.45) is 5.92 Å². The fourth-order valence-corrected chi connectivity index (χ4v) is 5.24. The van der Waals surface area contributed by atoms with Crippen LogP contribution in [-0.2, 0) is 0 Å². The maximum atomic E-state index is 12.9. The molecule has 1 aromatic heterocycles. The highest BCUT2D eigenvalue weighted by Gasteiger charge is 2.54. The molecular weight excluding hydrogens is 394 g/mol. The van der Waals surface area contributed by atoms with E-state index in [1.165, 1.54) is 11.3 Å². The molecule has 2 N–H and O–H groups in total. The molecule has 1 aliphatic carbocycles. The number of likely N-dealkylation sites (tertiary alicyclic amines) is 1. The highest BCUT2D eigenvalue weighted by Crippen LogP contribution is 2.44. The number of fused-ring (bicyclic) bond motifs is 1. The summed E-state index contributed by atoms with van der Waals surface area (Å²) in [6.45, 7) is 1.33. The zero-order chi connectivity index (χ0) is 20.6. The molecule has 0 radical (unpaired) electrons. The van der Waals surface area contributed by atoms with Gasteiger partial charge in [-0.05, 0) is 31.0 Å². The zero-order valence-electron chi connectivity index (χ0n) is 16.3. The minimum absolute atomic E-state index is 0.149. The van der Waals surface area contributed by atoms with Crippen LogP contribution in [0.5, 0.6) is 0 Å². The molecule has 0 bridgehead atoms. The zero-order valence-corrected chi connectivity index (χ0v) is 17.2. The maximum absolute atomic E-state index is 12.9. The Kier molecular flexibility index (Phi) is 4.64. The lowest BCUT2D eigenvalue weighted by Crippen LogP contribution is -2.60. The van der Waals surface area contributed by atoms with E-state index in [1.807, 2.05) is 54.6 Å². The van der Waals surface area contributed by atoms with Crippen LogP contribution in [0.3, 0.4) is 0 Å². The van der Waals surface area contributed by atoms with Crippen molar-refractivity contribution in [2.45, 2.75) is 18.4 Å². The van der Waals surface area contributed by atoms with Crippen molar-refractivity contribution < 1.29 is 4.79 Å². The summed E-state index contributed by atoms with van der Waals surface area (Å²) >= 11 is 1.39. The lowest BCUT2D eigenvalue weighted by molar-refractivity contribution is 0.0762. The average Bonchev–Trinajstić information content (AvgIpc) is 3.34. The first-order valence-corrected chi connectivity index (χ1v) is 10.8. The fraction of sp³-hybridized carbons (Fsp3) is 0.261. The minimum atomic E-state index is -0.272. The van der Waals surface area contributed by atoms with E-state index in [0.29, 0.717) is 17.5 Å². The number of hydrogen-bond acceptors (Lipinski definition) is 6. The third kappa shape index (κ3) is 3.29. The predicted molar refractivity (Wildman–Crippen MR) is 117 cm³/mol. The van der Waals surface area contributed by atoms with Crippen molar-refractivity contribution >= 4 is 28.6 Å². The Morgan fingerprint density at radius 2 is 2.00 bits per heavy atom. The van der Waals surface area contributed by atoms with Gasteiger partial charge in [0.05, 0.1) is 17.0 Å². The standard InChI is InChI=1S/C23H21N5OS/c24-15-28-13-16-10-11-23(16,14-28)27-21(29)22-25-12-20(30-22)18-8-4-5-9-19(18)26-17-6-2-1-3-7-17/h1-9,12,16,26H,10-11,13-14H2,(H,27,29)/t16?,23-/m0/s1. The van der Waals surface area contributed by atoms with Crippen LogP contribution in [0.4, 0.5) is 11.4 Å². The molecule has 3 aromatic rings. The summed E-state index contributed by atoms with van der Waals surface area (Å²) in [5.74, 6) is 0.209. The van der Waals surface area contributed by atoms with Gasteiger partial charge in [0.15, 0.2) is 11.2 Å². The quantitative estimate of drug-likeness (QED) is 0.610. The summed E-state index contributed by atoms with van der Waals surface area (Å²) in [7, 11) is 0. The van der Waals surface area contributed by atoms with Gasteiger partial charge >= 0.3 is 0 Å². The number of carbonyl (C=O) groups is 1. The smallest absolute Gasteiger partial charge is 0.280 e. The number of para-hydroxylation sites is 2. The van der Waals surface area contributed by atoms with E-state index in [2.05, 4.69) is 21.8 Å². The van der Waals surface area contributed by atoms with Gasteiger partial charge in [0.1, 0.15) is 0 Å². The number of nitriles is 1. The lowest BCUT2D eigenvalue weighted by Gasteiger charge is -2.44. The number of hydrogen-bond donors (Lipinski definition) is 2. The first kappa shape index (κ1) is 18.6. The average molecular weight is 416 g/mol. The van der Waals surface area contributed by atoms with Crippen molar-refractivity contribution in [1.29, 1.82) is 5.26 Å². The van der Waals surface area contributed by atoms with Gasteiger partial charge in [0, 0.05) is 35.6 Å². The highest BCUT2D eigenvalue weighted by atomic mass is 32.1. The number of nitrogens with one attached hydrogen (secondary N) is 2. The third-order valence-corrected chi connectivity index (χ3v) is 7.11. The van der Waals surface area contributed by atoms with E-state index >= 15 is 0 Å². The predicted octanol–water partition coefficient (Wildman–Crippen LogP) is 4.23. The monoisotopic (exact) mass is 415 g/mol. The molecule has 1 saturated carbocycles. The van der Waals surface area contributed by atoms with E-state index in [1.54, 1.807) is 11.1 Å². The molecule has 1 saturated heterocycles.